The van der Waals surface area contributed by atoms with E-state index in [4.69, 9.17) is 27.7 Å². The third kappa shape index (κ3) is 5.94. The highest BCUT2D eigenvalue weighted by atomic mass is 15.0. The van der Waals surface area contributed by atoms with Crippen molar-refractivity contribution in [2.45, 2.75) is 90.4 Å². The Morgan fingerprint density at radius 1 is 1.19 bits per heavy atom. The van der Waals surface area contributed by atoms with E-state index in [9.17, 15) is 0 Å². The Hall–Kier alpha value is -1.60. The van der Waals surface area contributed by atoms with E-state index in [-0.39, 0.29) is 41.4 Å². The minimum atomic E-state index is -0.317. The summed E-state index contributed by atoms with van der Waals surface area (Å²) in [6.45, 7) is 8.47. The van der Waals surface area contributed by atoms with Crippen LogP contribution in [0.25, 0.3) is 0 Å². The van der Waals surface area contributed by atoms with E-state index < -0.39 is 0 Å². The summed E-state index contributed by atoms with van der Waals surface area (Å²) < 4.78 is 0. The normalized spacial score (nSPS) is 28.1. The second-order valence-corrected chi connectivity index (χ2v) is 8.35. The predicted molar refractivity (Wildman–Crippen MR) is 110 cm³/mol. The predicted octanol–water partition coefficient (Wildman–Crippen LogP) is 2.51. The number of nitrogens with two attached hydrogens (primary N) is 3. The molecule has 0 spiro atoms. The maximum atomic E-state index is 9.17. The number of allylic oxidation sites excluding steroid dienone is 2. The Balaban J connectivity index is 2.82. The van der Waals surface area contributed by atoms with Gasteiger partial charge in [-0.25, -0.2) is 0 Å². The number of nitrogens with one attached hydrogen (secondary N) is 1. The molecule has 1 fully saturated rings. The zero-order chi connectivity index (χ0) is 20.6. The zero-order valence-electron chi connectivity index (χ0n) is 17.4. The lowest BCUT2D eigenvalue weighted by atomic mass is 9.59. The average Bonchev–Trinajstić information content (AvgIpc) is 2.64. The van der Waals surface area contributed by atoms with E-state index in [2.05, 4.69) is 51.2 Å². The highest BCUT2D eigenvalue weighted by Crippen LogP contribution is 2.51. The topological polar surface area (TPSA) is 138 Å². The van der Waals surface area contributed by atoms with Crippen LogP contribution in [-0.2, 0) is 0 Å². The first-order valence-corrected chi connectivity index (χ1v) is 10.2. The second kappa shape index (κ2) is 10.7. The number of hydrogen-bond acceptors (Lipinski definition) is 6. The van der Waals surface area contributed by atoms with Gasteiger partial charge in [0.25, 0.3) is 0 Å². The van der Waals surface area contributed by atoms with Crippen molar-refractivity contribution in [3.8, 4) is 12.1 Å². The third-order valence-corrected chi connectivity index (χ3v) is 6.31. The number of hydrogen-bond donors (Lipinski definition) is 4. The molecule has 0 amide bonds. The summed E-state index contributed by atoms with van der Waals surface area (Å²) in [6, 6.07) is 5.00. The molecule has 0 bridgehead atoms. The van der Waals surface area contributed by atoms with Gasteiger partial charge in [0.1, 0.15) is 0 Å². The standard InChI is InChI=1S/C21H38N6/c1-5-17(24)15(4)27-20(18(25)6-2)14(3)7-8-19(26)21(9-10-22)11-16(12-21)13-23/h8,14-18,20,27H,5-7,9,11-12,24-26H2,1-4H3/b19-8-. The van der Waals surface area contributed by atoms with Crippen LogP contribution in [0.1, 0.15) is 66.2 Å². The maximum Gasteiger partial charge on any atom is 0.0656 e. The van der Waals surface area contributed by atoms with Crippen molar-refractivity contribution >= 4 is 0 Å². The van der Waals surface area contributed by atoms with Crippen molar-refractivity contribution in [3.05, 3.63) is 11.8 Å². The molecular formula is C21H38N6. The molecule has 1 saturated carbocycles. The lowest BCUT2D eigenvalue weighted by molar-refractivity contribution is 0.136. The molecule has 0 heterocycles. The Bertz CT molecular complexity index is 566. The van der Waals surface area contributed by atoms with Crippen LogP contribution in [0.2, 0.25) is 0 Å². The highest BCUT2D eigenvalue weighted by molar-refractivity contribution is 5.22. The summed E-state index contributed by atoms with van der Waals surface area (Å²) in [5.74, 6) is 0.304. The van der Waals surface area contributed by atoms with Crippen LogP contribution in [0, 0.1) is 39.9 Å². The van der Waals surface area contributed by atoms with Gasteiger partial charge in [-0.2, -0.15) is 10.5 Å². The summed E-state index contributed by atoms with van der Waals surface area (Å²) in [6.07, 6.45) is 6.39. The molecule has 0 aromatic rings. The first kappa shape index (κ1) is 23.4. The van der Waals surface area contributed by atoms with Gasteiger partial charge in [0.2, 0.25) is 0 Å². The molecule has 5 atom stereocenters. The fraction of sp³-hybridized carbons (Fsp3) is 0.810. The van der Waals surface area contributed by atoms with Gasteiger partial charge >= 0.3 is 0 Å². The first-order valence-electron chi connectivity index (χ1n) is 10.2. The SMILES string of the molecule is CCC(N)C(C)NC(C(C)C/C=C(\N)C1(CC#N)CC(C#N)C1)C(N)CC. The van der Waals surface area contributed by atoms with Crippen molar-refractivity contribution in [1.82, 2.24) is 5.32 Å². The molecule has 1 aliphatic carbocycles. The van der Waals surface area contributed by atoms with E-state index in [0.29, 0.717) is 19.3 Å². The van der Waals surface area contributed by atoms with Crippen molar-refractivity contribution in [2.24, 2.45) is 34.5 Å². The van der Waals surface area contributed by atoms with Gasteiger partial charge in [0.05, 0.1) is 12.1 Å². The molecule has 0 aromatic carbocycles. The molecule has 1 aliphatic rings. The lowest BCUT2D eigenvalue weighted by Crippen LogP contribution is -2.56. The Labute approximate surface area is 165 Å². The van der Waals surface area contributed by atoms with Crippen LogP contribution in [0.15, 0.2) is 11.8 Å². The molecule has 7 N–H and O–H groups in total. The molecule has 0 aliphatic heterocycles. The molecule has 6 heteroatoms. The van der Waals surface area contributed by atoms with Gasteiger partial charge < -0.3 is 22.5 Å². The number of nitriles is 2. The summed E-state index contributed by atoms with van der Waals surface area (Å²) in [7, 11) is 0. The molecule has 27 heavy (non-hydrogen) atoms. The minimum absolute atomic E-state index is 0.0158. The fourth-order valence-electron chi connectivity index (χ4n) is 4.03. The molecule has 1 rings (SSSR count). The van der Waals surface area contributed by atoms with Crippen LogP contribution < -0.4 is 22.5 Å². The lowest BCUT2D eigenvalue weighted by Gasteiger charge is -2.44. The molecule has 152 valence electrons. The van der Waals surface area contributed by atoms with Crippen molar-refractivity contribution in [1.29, 1.82) is 10.5 Å². The van der Waals surface area contributed by atoms with Gasteiger partial charge in [-0.3, -0.25) is 0 Å². The van der Waals surface area contributed by atoms with Gasteiger partial charge in [0, 0.05) is 47.6 Å². The molecular weight excluding hydrogens is 336 g/mol. The van der Waals surface area contributed by atoms with Crippen LogP contribution in [-0.4, -0.2) is 24.2 Å². The Morgan fingerprint density at radius 2 is 1.78 bits per heavy atom. The molecule has 6 nitrogen and oxygen atoms in total. The molecule has 5 unspecified atom stereocenters. The highest BCUT2D eigenvalue weighted by Gasteiger charge is 2.46. The van der Waals surface area contributed by atoms with Crippen molar-refractivity contribution in [3.63, 3.8) is 0 Å². The molecule has 0 radical (unpaired) electrons. The van der Waals surface area contributed by atoms with Crippen molar-refractivity contribution in [2.75, 3.05) is 0 Å². The second-order valence-electron chi connectivity index (χ2n) is 8.35. The third-order valence-electron chi connectivity index (χ3n) is 6.31. The van der Waals surface area contributed by atoms with Gasteiger partial charge in [-0.05, 0) is 44.9 Å². The minimum Gasteiger partial charge on any atom is -0.402 e. The smallest absolute Gasteiger partial charge is 0.0656 e. The van der Waals surface area contributed by atoms with Gasteiger partial charge in [0.15, 0.2) is 0 Å². The van der Waals surface area contributed by atoms with Crippen LogP contribution in [0.3, 0.4) is 0 Å². The van der Waals surface area contributed by atoms with E-state index in [0.717, 1.165) is 25.0 Å². The average molecular weight is 375 g/mol. The Kier molecular flexibility index (Phi) is 9.26. The van der Waals surface area contributed by atoms with Crippen molar-refractivity contribution < 1.29 is 0 Å². The van der Waals surface area contributed by atoms with E-state index in [1.165, 1.54) is 0 Å². The molecule has 0 saturated heterocycles. The summed E-state index contributed by atoms with van der Waals surface area (Å²) >= 11 is 0. The van der Waals surface area contributed by atoms with E-state index in [1.807, 2.05) is 0 Å². The maximum absolute atomic E-state index is 9.17. The van der Waals surface area contributed by atoms with Crippen LogP contribution in [0.4, 0.5) is 0 Å². The van der Waals surface area contributed by atoms with E-state index >= 15 is 0 Å². The summed E-state index contributed by atoms with van der Waals surface area (Å²) in [4.78, 5) is 0. The zero-order valence-corrected chi connectivity index (χ0v) is 17.4. The van der Waals surface area contributed by atoms with Crippen LogP contribution >= 0.6 is 0 Å². The largest absolute Gasteiger partial charge is 0.402 e. The van der Waals surface area contributed by atoms with E-state index in [1.54, 1.807) is 0 Å². The monoisotopic (exact) mass is 374 g/mol. The number of rotatable bonds is 11. The quantitative estimate of drug-likeness (QED) is 0.438. The van der Waals surface area contributed by atoms with Gasteiger partial charge in [-0.1, -0.05) is 26.8 Å². The van der Waals surface area contributed by atoms with Crippen LogP contribution in [0.5, 0.6) is 0 Å². The first-order chi connectivity index (χ1) is 12.7. The molecule has 0 aromatic heterocycles. The summed E-state index contributed by atoms with van der Waals surface area (Å²) in [5, 5.41) is 21.9. The Morgan fingerprint density at radius 3 is 2.26 bits per heavy atom. The van der Waals surface area contributed by atoms with Gasteiger partial charge in [-0.15, -0.1) is 0 Å². The summed E-state index contributed by atoms with van der Waals surface area (Å²) in [5.41, 5.74) is 19.4. The number of nitrogens with zero attached hydrogens (tertiary/aromatic N) is 2. The fourth-order valence-corrected chi connectivity index (χ4v) is 4.03.